The summed E-state index contributed by atoms with van der Waals surface area (Å²) < 4.78 is 11.1. The minimum Gasteiger partial charge on any atom is -0.465 e. The van der Waals surface area contributed by atoms with Crippen LogP contribution in [0.1, 0.15) is 6.92 Å². The molecule has 0 saturated carbocycles. The number of benzene rings is 1. The van der Waals surface area contributed by atoms with Crippen molar-refractivity contribution in [1.29, 1.82) is 0 Å². The van der Waals surface area contributed by atoms with Crippen molar-refractivity contribution in [3.05, 3.63) is 30.3 Å². The lowest BCUT2D eigenvalue weighted by molar-refractivity contribution is -0.256. The van der Waals surface area contributed by atoms with Gasteiger partial charge in [0.2, 0.25) is 6.29 Å². The van der Waals surface area contributed by atoms with Gasteiger partial charge in [0, 0.05) is 5.92 Å². The number of aliphatic hydroxyl groups is 3. The number of ether oxygens (including phenoxy) is 2. The highest BCUT2D eigenvalue weighted by Gasteiger charge is 2.43. The first-order valence-corrected chi connectivity index (χ1v) is 5.97. The third-order valence-electron chi connectivity index (χ3n) is 3.18. The molecule has 1 aliphatic rings. The number of rotatable bonds is 3. The lowest BCUT2D eigenvalue weighted by Gasteiger charge is -2.40. The van der Waals surface area contributed by atoms with Gasteiger partial charge in [-0.15, -0.1) is 0 Å². The summed E-state index contributed by atoms with van der Waals surface area (Å²) in [4.78, 5) is 0. The molecule has 3 N–H and O–H groups in total. The number of aliphatic hydroxyl groups excluding tert-OH is 3. The minimum atomic E-state index is -1.10. The van der Waals surface area contributed by atoms with Crippen molar-refractivity contribution >= 4 is 0 Å². The average molecular weight is 254 g/mol. The van der Waals surface area contributed by atoms with Crippen molar-refractivity contribution in [1.82, 2.24) is 0 Å². The summed E-state index contributed by atoms with van der Waals surface area (Å²) in [5.74, 6) is 0.234. The van der Waals surface area contributed by atoms with Crippen LogP contribution in [0, 0.1) is 5.92 Å². The SMILES string of the molecule is C[C@@H]1[C@@H](Oc2ccccc2)O[C@H](CO)[C@H](O)[C@@H]1O. The lowest BCUT2D eigenvalue weighted by Crippen LogP contribution is -2.56. The predicted octanol–water partition coefficient (Wildman–Crippen LogP) is 0.140. The maximum absolute atomic E-state index is 9.88. The molecule has 1 aliphatic heterocycles. The van der Waals surface area contributed by atoms with Crippen molar-refractivity contribution in [3.63, 3.8) is 0 Å². The fraction of sp³-hybridized carbons (Fsp3) is 0.538. The second kappa shape index (κ2) is 5.67. The molecule has 1 aromatic carbocycles. The lowest BCUT2D eigenvalue weighted by atomic mass is 9.92. The number of para-hydroxylation sites is 1. The first-order valence-electron chi connectivity index (χ1n) is 5.97. The Labute approximate surface area is 106 Å². The van der Waals surface area contributed by atoms with Gasteiger partial charge >= 0.3 is 0 Å². The summed E-state index contributed by atoms with van der Waals surface area (Å²) in [7, 11) is 0. The molecule has 0 radical (unpaired) electrons. The quantitative estimate of drug-likeness (QED) is 0.715. The third kappa shape index (κ3) is 2.64. The topological polar surface area (TPSA) is 79.2 Å². The van der Waals surface area contributed by atoms with Crippen LogP contribution in [0.25, 0.3) is 0 Å². The molecule has 0 unspecified atom stereocenters. The van der Waals surface area contributed by atoms with Crippen LogP contribution in [-0.2, 0) is 4.74 Å². The van der Waals surface area contributed by atoms with Crippen LogP contribution in [0.15, 0.2) is 30.3 Å². The van der Waals surface area contributed by atoms with E-state index in [0.717, 1.165) is 0 Å². The number of hydrogen-bond acceptors (Lipinski definition) is 5. The van der Waals surface area contributed by atoms with Gasteiger partial charge in [0.1, 0.15) is 18.0 Å². The summed E-state index contributed by atoms with van der Waals surface area (Å²) >= 11 is 0. The van der Waals surface area contributed by atoms with E-state index in [1.807, 2.05) is 18.2 Å². The predicted molar refractivity (Wildman–Crippen MR) is 64.0 cm³/mol. The van der Waals surface area contributed by atoms with E-state index in [9.17, 15) is 10.2 Å². The molecule has 5 atom stereocenters. The molecule has 1 heterocycles. The van der Waals surface area contributed by atoms with Crippen LogP contribution in [-0.4, -0.2) is 46.5 Å². The average Bonchev–Trinajstić information content (AvgIpc) is 2.40. The van der Waals surface area contributed by atoms with Gasteiger partial charge in [-0.3, -0.25) is 0 Å². The zero-order valence-corrected chi connectivity index (χ0v) is 10.1. The van der Waals surface area contributed by atoms with E-state index in [-0.39, 0.29) is 12.5 Å². The van der Waals surface area contributed by atoms with Crippen molar-refractivity contribution in [3.8, 4) is 5.75 Å². The second-order valence-corrected chi connectivity index (χ2v) is 4.50. The van der Waals surface area contributed by atoms with Gasteiger partial charge in [0.15, 0.2) is 0 Å². The molecule has 2 rings (SSSR count). The van der Waals surface area contributed by atoms with Gasteiger partial charge in [0.05, 0.1) is 12.7 Å². The van der Waals surface area contributed by atoms with Crippen LogP contribution < -0.4 is 4.74 Å². The molecule has 0 aliphatic carbocycles. The molecule has 0 amide bonds. The van der Waals surface area contributed by atoms with Crippen LogP contribution in [0.5, 0.6) is 5.75 Å². The molecule has 0 spiro atoms. The summed E-state index contributed by atoms with van der Waals surface area (Å²) in [6.07, 6.45) is -3.60. The molecule has 0 aromatic heterocycles. The monoisotopic (exact) mass is 254 g/mol. The highest BCUT2D eigenvalue weighted by Crippen LogP contribution is 2.27. The fourth-order valence-electron chi connectivity index (χ4n) is 1.99. The summed E-state index contributed by atoms with van der Waals surface area (Å²) in [6.45, 7) is 1.37. The first kappa shape index (κ1) is 13.3. The third-order valence-corrected chi connectivity index (χ3v) is 3.18. The number of hydrogen-bond donors (Lipinski definition) is 3. The van der Waals surface area contributed by atoms with Crippen molar-refractivity contribution < 1.29 is 24.8 Å². The van der Waals surface area contributed by atoms with Gasteiger partial charge in [-0.25, -0.2) is 0 Å². The molecule has 5 heteroatoms. The Hall–Kier alpha value is -1.14. The van der Waals surface area contributed by atoms with Gasteiger partial charge in [-0.2, -0.15) is 0 Å². The van der Waals surface area contributed by atoms with Gasteiger partial charge in [0.25, 0.3) is 0 Å². The molecular weight excluding hydrogens is 236 g/mol. The van der Waals surface area contributed by atoms with Gasteiger partial charge in [-0.1, -0.05) is 25.1 Å². The molecule has 1 saturated heterocycles. The van der Waals surface area contributed by atoms with Gasteiger partial charge in [-0.05, 0) is 12.1 Å². The molecule has 1 fully saturated rings. The van der Waals surface area contributed by atoms with Gasteiger partial charge < -0.3 is 24.8 Å². The minimum absolute atomic E-state index is 0.362. The van der Waals surface area contributed by atoms with E-state index in [1.165, 1.54) is 0 Å². The van der Waals surface area contributed by atoms with Crippen LogP contribution in [0.4, 0.5) is 0 Å². The highest BCUT2D eigenvalue weighted by molar-refractivity contribution is 5.21. The molecule has 100 valence electrons. The molecule has 0 bridgehead atoms. The molecule has 18 heavy (non-hydrogen) atoms. The standard InChI is InChI=1S/C13H18O5/c1-8-11(15)12(16)10(7-14)18-13(8)17-9-5-3-2-4-6-9/h2-6,8,10-16H,7H2,1H3/t8-,10+,11+,12-,13-/m0/s1. The zero-order valence-electron chi connectivity index (χ0n) is 10.1. The van der Waals surface area contributed by atoms with E-state index in [0.29, 0.717) is 5.75 Å². The Bertz CT molecular complexity index is 367. The smallest absolute Gasteiger partial charge is 0.205 e. The second-order valence-electron chi connectivity index (χ2n) is 4.50. The van der Waals surface area contributed by atoms with Crippen LogP contribution in [0.2, 0.25) is 0 Å². The highest BCUT2D eigenvalue weighted by atomic mass is 16.7. The fourth-order valence-corrected chi connectivity index (χ4v) is 1.99. The van der Waals surface area contributed by atoms with E-state index in [2.05, 4.69) is 0 Å². The molecular formula is C13H18O5. The van der Waals surface area contributed by atoms with E-state index >= 15 is 0 Å². The van der Waals surface area contributed by atoms with E-state index in [4.69, 9.17) is 14.6 Å². The molecule has 5 nitrogen and oxygen atoms in total. The molecule has 1 aromatic rings. The van der Waals surface area contributed by atoms with Crippen LogP contribution >= 0.6 is 0 Å². The Kier molecular flexibility index (Phi) is 4.19. The van der Waals surface area contributed by atoms with E-state index in [1.54, 1.807) is 19.1 Å². The Morgan fingerprint density at radius 1 is 1.17 bits per heavy atom. The maximum Gasteiger partial charge on any atom is 0.205 e. The zero-order chi connectivity index (χ0) is 13.1. The Morgan fingerprint density at radius 2 is 1.83 bits per heavy atom. The van der Waals surface area contributed by atoms with E-state index < -0.39 is 24.6 Å². The van der Waals surface area contributed by atoms with Crippen LogP contribution in [0.3, 0.4) is 0 Å². The summed E-state index contributed by atoms with van der Waals surface area (Å²) in [6, 6.07) is 9.09. The normalized spacial score (nSPS) is 36.3. The maximum atomic E-state index is 9.88. The first-order chi connectivity index (χ1) is 8.63. The summed E-state index contributed by atoms with van der Waals surface area (Å²) in [5.41, 5.74) is 0. The van der Waals surface area contributed by atoms with Crippen molar-refractivity contribution in [2.75, 3.05) is 6.61 Å². The van der Waals surface area contributed by atoms with Crippen molar-refractivity contribution in [2.24, 2.45) is 5.92 Å². The van der Waals surface area contributed by atoms with Crippen molar-refractivity contribution in [2.45, 2.75) is 31.5 Å². The Morgan fingerprint density at radius 3 is 2.44 bits per heavy atom. The summed E-state index contributed by atoms with van der Waals surface area (Å²) in [5, 5.41) is 28.7. The largest absolute Gasteiger partial charge is 0.465 e. The Balaban J connectivity index is 2.08.